The zero-order valence-electron chi connectivity index (χ0n) is 18.7. The van der Waals surface area contributed by atoms with Crippen LogP contribution >= 0.6 is 0 Å². The van der Waals surface area contributed by atoms with E-state index in [1.165, 1.54) is 0 Å². The molecular formula is C26H28N2O4. The van der Waals surface area contributed by atoms with Crippen LogP contribution in [0.4, 0.5) is 0 Å². The molecule has 6 heteroatoms. The zero-order valence-corrected chi connectivity index (χ0v) is 18.7. The molecule has 3 aromatic carbocycles. The summed E-state index contributed by atoms with van der Waals surface area (Å²) in [4.78, 5) is 4.90. The summed E-state index contributed by atoms with van der Waals surface area (Å²) in [6.07, 6.45) is 1.54. The number of ether oxygens (including phenoxy) is 4. The van der Waals surface area contributed by atoms with E-state index in [9.17, 15) is 0 Å². The van der Waals surface area contributed by atoms with Crippen molar-refractivity contribution in [3.8, 4) is 23.0 Å². The van der Waals surface area contributed by atoms with Crippen LogP contribution in [0.5, 0.6) is 23.0 Å². The predicted molar refractivity (Wildman–Crippen MR) is 125 cm³/mol. The maximum Gasteiger partial charge on any atom is 0.161 e. The van der Waals surface area contributed by atoms with E-state index in [0.29, 0.717) is 13.0 Å². The van der Waals surface area contributed by atoms with Crippen LogP contribution in [0.15, 0.2) is 66.7 Å². The average Bonchev–Trinajstić information content (AvgIpc) is 3.18. The highest BCUT2D eigenvalue weighted by atomic mass is 16.5. The van der Waals surface area contributed by atoms with Gasteiger partial charge in [0, 0.05) is 13.0 Å². The summed E-state index contributed by atoms with van der Waals surface area (Å²) in [5.74, 6) is 3.96. The van der Waals surface area contributed by atoms with Gasteiger partial charge < -0.3 is 23.5 Å². The first-order valence-corrected chi connectivity index (χ1v) is 10.6. The van der Waals surface area contributed by atoms with Crippen LogP contribution in [0.25, 0.3) is 11.0 Å². The smallest absolute Gasteiger partial charge is 0.161 e. The minimum atomic E-state index is 0.586. The second-order valence-corrected chi connectivity index (χ2v) is 7.39. The van der Waals surface area contributed by atoms with Gasteiger partial charge in [0.1, 0.15) is 5.82 Å². The normalized spacial score (nSPS) is 10.8. The molecular weight excluding hydrogens is 404 g/mol. The topological polar surface area (TPSA) is 54.7 Å². The number of benzene rings is 3. The van der Waals surface area contributed by atoms with E-state index in [-0.39, 0.29) is 0 Å². The largest absolute Gasteiger partial charge is 0.493 e. The van der Waals surface area contributed by atoms with E-state index < -0.39 is 0 Å². The van der Waals surface area contributed by atoms with E-state index in [0.717, 1.165) is 58.4 Å². The van der Waals surface area contributed by atoms with E-state index in [1.54, 1.807) is 21.3 Å². The summed E-state index contributed by atoms with van der Waals surface area (Å²) in [6, 6.07) is 21.9. The summed E-state index contributed by atoms with van der Waals surface area (Å²) in [7, 11) is 4.95. The van der Waals surface area contributed by atoms with Crippen LogP contribution in [-0.2, 0) is 13.0 Å². The van der Waals surface area contributed by atoms with Gasteiger partial charge in [-0.2, -0.15) is 0 Å². The first-order chi connectivity index (χ1) is 15.7. The van der Waals surface area contributed by atoms with E-state index >= 15 is 0 Å². The predicted octanol–water partition coefficient (Wildman–Crippen LogP) is 5.12. The van der Waals surface area contributed by atoms with Crippen molar-refractivity contribution in [2.24, 2.45) is 0 Å². The zero-order chi connectivity index (χ0) is 22.3. The van der Waals surface area contributed by atoms with Crippen molar-refractivity contribution >= 4 is 11.0 Å². The van der Waals surface area contributed by atoms with E-state index in [2.05, 4.69) is 22.8 Å². The molecule has 0 radical (unpaired) electrons. The molecule has 0 unspecified atom stereocenters. The Kier molecular flexibility index (Phi) is 6.80. The molecule has 0 N–H and O–H groups in total. The lowest BCUT2D eigenvalue weighted by atomic mass is 10.1. The molecule has 0 aliphatic rings. The molecule has 0 aliphatic heterocycles. The van der Waals surface area contributed by atoms with Crippen molar-refractivity contribution in [2.45, 2.75) is 19.4 Å². The summed E-state index contributed by atoms with van der Waals surface area (Å²) >= 11 is 0. The third-order valence-corrected chi connectivity index (χ3v) is 5.40. The van der Waals surface area contributed by atoms with Gasteiger partial charge in [-0.15, -0.1) is 0 Å². The van der Waals surface area contributed by atoms with E-state index in [1.807, 2.05) is 48.5 Å². The highest BCUT2D eigenvalue weighted by molar-refractivity contribution is 5.76. The highest BCUT2D eigenvalue weighted by Gasteiger charge is 2.13. The Morgan fingerprint density at radius 3 is 2.22 bits per heavy atom. The van der Waals surface area contributed by atoms with Gasteiger partial charge in [0.15, 0.2) is 23.0 Å². The summed E-state index contributed by atoms with van der Waals surface area (Å²) in [6.45, 7) is 1.39. The molecule has 4 aromatic rings. The van der Waals surface area contributed by atoms with Gasteiger partial charge in [-0.3, -0.25) is 0 Å². The fourth-order valence-corrected chi connectivity index (χ4v) is 3.83. The molecule has 0 fully saturated rings. The van der Waals surface area contributed by atoms with Crippen LogP contribution in [0.3, 0.4) is 0 Å². The molecule has 166 valence electrons. The molecule has 1 aromatic heterocycles. The van der Waals surface area contributed by atoms with Gasteiger partial charge in [0.2, 0.25) is 0 Å². The van der Waals surface area contributed by atoms with Crippen molar-refractivity contribution < 1.29 is 18.9 Å². The quantitative estimate of drug-likeness (QED) is 0.326. The Labute approximate surface area is 188 Å². The maximum atomic E-state index is 5.96. The van der Waals surface area contributed by atoms with Crippen molar-refractivity contribution in [2.75, 3.05) is 27.9 Å². The number of hydrogen-bond donors (Lipinski definition) is 0. The van der Waals surface area contributed by atoms with Crippen molar-refractivity contribution in [1.29, 1.82) is 0 Å². The monoisotopic (exact) mass is 432 g/mol. The lowest BCUT2D eigenvalue weighted by Crippen LogP contribution is -2.09. The number of para-hydroxylation sites is 4. The number of aryl methyl sites for hydroxylation is 1. The fraction of sp³-hybridized carbons (Fsp3) is 0.269. The van der Waals surface area contributed by atoms with Crippen LogP contribution in [0, 0.1) is 0 Å². The van der Waals surface area contributed by atoms with Gasteiger partial charge in [0.25, 0.3) is 0 Å². The second-order valence-electron chi connectivity index (χ2n) is 7.39. The molecule has 4 rings (SSSR count). The fourth-order valence-electron chi connectivity index (χ4n) is 3.83. The number of methoxy groups -OCH3 is 3. The van der Waals surface area contributed by atoms with Gasteiger partial charge >= 0.3 is 0 Å². The Hall–Kier alpha value is -3.67. The first kappa shape index (κ1) is 21.6. The van der Waals surface area contributed by atoms with Crippen LogP contribution in [-0.4, -0.2) is 37.5 Å². The van der Waals surface area contributed by atoms with E-state index in [4.69, 9.17) is 23.9 Å². The van der Waals surface area contributed by atoms with Gasteiger partial charge in [0.05, 0.1) is 39.0 Å². The Morgan fingerprint density at radius 1 is 0.750 bits per heavy atom. The first-order valence-electron chi connectivity index (χ1n) is 10.6. The second kappa shape index (κ2) is 10.1. The van der Waals surface area contributed by atoms with Gasteiger partial charge in [-0.1, -0.05) is 30.3 Å². The SMILES string of the molecule is COc1ccc(Cc2nc3ccccc3n2CCCOc2ccccc2OC)cc1OC. The van der Waals surface area contributed by atoms with Gasteiger partial charge in [-0.25, -0.2) is 4.98 Å². The summed E-state index contributed by atoms with van der Waals surface area (Å²) in [5, 5.41) is 0. The average molecular weight is 433 g/mol. The van der Waals surface area contributed by atoms with Crippen molar-refractivity contribution in [3.05, 3.63) is 78.1 Å². The molecule has 0 aliphatic carbocycles. The number of hydrogen-bond acceptors (Lipinski definition) is 5. The van der Waals surface area contributed by atoms with Crippen molar-refractivity contribution in [1.82, 2.24) is 9.55 Å². The lowest BCUT2D eigenvalue weighted by molar-refractivity contribution is 0.283. The molecule has 0 spiro atoms. The molecule has 1 heterocycles. The summed E-state index contributed by atoms with van der Waals surface area (Å²) in [5.41, 5.74) is 3.23. The van der Waals surface area contributed by atoms with Crippen LogP contribution < -0.4 is 18.9 Å². The standard InChI is InChI=1S/C26H28N2O4/c1-29-22-11-6-7-12-24(22)32-16-8-15-28-21-10-5-4-9-20(21)27-26(28)18-19-13-14-23(30-2)25(17-19)31-3/h4-7,9-14,17H,8,15-16,18H2,1-3H3. The number of rotatable bonds is 10. The lowest BCUT2D eigenvalue weighted by Gasteiger charge is -2.13. The third-order valence-electron chi connectivity index (χ3n) is 5.40. The maximum absolute atomic E-state index is 5.96. The molecule has 0 saturated heterocycles. The molecule has 32 heavy (non-hydrogen) atoms. The Balaban J connectivity index is 1.52. The molecule has 0 saturated carbocycles. The molecule has 0 bridgehead atoms. The summed E-state index contributed by atoms with van der Waals surface area (Å²) < 4.78 is 24.4. The Morgan fingerprint density at radius 2 is 1.44 bits per heavy atom. The van der Waals surface area contributed by atoms with Gasteiger partial charge in [-0.05, 0) is 48.4 Å². The molecule has 6 nitrogen and oxygen atoms in total. The number of aromatic nitrogens is 2. The number of imidazole rings is 1. The molecule has 0 amide bonds. The number of nitrogens with zero attached hydrogens (tertiary/aromatic N) is 2. The minimum absolute atomic E-state index is 0.586. The van der Waals surface area contributed by atoms with Crippen LogP contribution in [0.1, 0.15) is 17.8 Å². The van der Waals surface area contributed by atoms with Crippen LogP contribution in [0.2, 0.25) is 0 Å². The third kappa shape index (κ3) is 4.64. The van der Waals surface area contributed by atoms with Crippen molar-refractivity contribution in [3.63, 3.8) is 0 Å². The molecule has 0 atom stereocenters. The number of fused-ring (bicyclic) bond motifs is 1. The Bertz CT molecular complexity index is 1190. The minimum Gasteiger partial charge on any atom is -0.493 e. The highest BCUT2D eigenvalue weighted by Crippen LogP contribution is 2.29.